The first-order valence-electron chi connectivity index (χ1n) is 16.4. The predicted molar refractivity (Wildman–Crippen MR) is 178 cm³/mol. The van der Waals surface area contributed by atoms with Gasteiger partial charge in [0.2, 0.25) is 0 Å². The molecule has 2 aromatic carbocycles. The molecule has 3 aliphatic heterocycles. The molecule has 0 radical (unpaired) electrons. The van der Waals surface area contributed by atoms with Crippen LogP contribution < -0.4 is 0 Å². The van der Waals surface area contributed by atoms with Crippen molar-refractivity contribution in [2.75, 3.05) is 19.6 Å². The fraction of sp³-hybridized carbons (Fsp3) is 0.378. The third-order valence-corrected chi connectivity index (χ3v) is 9.08. The van der Waals surface area contributed by atoms with E-state index in [1.807, 2.05) is 41.3 Å². The lowest BCUT2D eigenvalue weighted by Gasteiger charge is -2.50. The van der Waals surface area contributed by atoms with Crippen LogP contribution in [0.1, 0.15) is 56.1 Å². The summed E-state index contributed by atoms with van der Waals surface area (Å²) in [7, 11) is 0. The summed E-state index contributed by atoms with van der Waals surface area (Å²) in [6.07, 6.45) is 12.6. The molecule has 2 N–H and O–H groups in total. The van der Waals surface area contributed by atoms with Gasteiger partial charge < -0.3 is 15.0 Å². The lowest BCUT2D eigenvalue weighted by Crippen LogP contribution is -2.75. The first-order valence-corrected chi connectivity index (χ1v) is 16.4. The molecule has 1 aliphatic carbocycles. The Labute approximate surface area is 284 Å². The first kappa shape index (κ1) is 36.6. The number of likely N-dealkylation sites (tertiary alicyclic amines) is 1. The Morgan fingerprint density at radius 2 is 1.06 bits per heavy atom. The number of rotatable bonds is 13. The van der Waals surface area contributed by atoms with Crippen LogP contribution in [-0.2, 0) is 46.4 Å². The van der Waals surface area contributed by atoms with Gasteiger partial charge in [0.05, 0.1) is 0 Å². The average Bonchev–Trinajstić information content (AvgIpc) is 3.56. The smallest absolute Gasteiger partial charge is 0.332 e. The lowest BCUT2D eigenvalue weighted by atomic mass is 9.75. The second-order valence-corrected chi connectivity index (χ2v) is 12.4. The Hall–Kier alpha value is -5.23. The number of hydrogen-bond acceptors (Lipinski definition) is 8. The van der Waals surface area contributed by atoms with Gasteiger partial charge in [-0.1, -0.05) is 60.7 Å². The van der Waals surface area contributed by atoms with E-state index in [1.165, 1.54) is 11.1 Å². The molecule has 0 spiro atoms. The van der Waals surface area contributed by atoms with E-state index < -0.39 is 46.6 Å². The predicted octanol–water partition coefficient (Wildman–Crippen LogP) is 3.20. The van der Waals surface area contributed by atoms with Crippen molar-refractivity contribution in [3.05, 3.63) is 96.1 Å². The van der Waals surface area contributed by atoms with Crippen LogP contribution in [0.3, 0.4) is 0 Å². The zero-order valence-electron chi connectivity index (χ0n) is 27.2. The highest BCUT2D eigenvalue weighted by molar-refractivity contribution is 6.16. The lowest BCUT2D eigenvalue weighted by molar-refractivity contribution is -0.174. The van der Waals surface area contributed by atoms with Crippen molar-refractivity contribution < 1.29 is 43.8 Å². The summed E-state index contributed by atoms with van der Waals surface area (Å²) in [5.74, 6) is -4.31. The number of aliphatic carboxylic acids is 2. The van der Waals surface area contributed by atoms with E-state index in [1.54, 1.807) is 0 Å². The van der Waals surface area contributed by atoms with Gasteiger partial charge in [-0.25, -0.2) is 9.59 Å². The fourth-order valence-corrected chi connectivity index (χ4v) is 6.26. The van der Waals surface area contributed by atoms with E-state index in [4.69, 9.17) is 5.11 Å². The molecule has 6 rings (SSSR count). The summed E-state index contributed by atoms with van der Waals surface area (Å²) in [5, 5.41) is 18.5. The second-order valence-electron chi connectivity index (χ2n) is 12.4. The molecule has 3 heterocycles. The Morgan fingerprint density at radius 3 is 1.45 bits per heavy atom. The molecule has 0 bridgehead atoms. The van der Waals surface area contributed by atoms with Crippen molar-refractivity contribution in [3.8, 4) is 0 Å². The van der Waals surface area contributed by atoms with Crippen molar-refractivity contribution in [2.45, 2.75) is 68.9 Å². The van der Waals surface area contributed by atoms with Crippen LogP contribution in [0.5, 0.6) is 0 Å². The first-order chi connectivity index (χ1) is 23.5. The zero-order chi connectivity index (χ0) is 35.4. The minimum atomic E-state index is -1.41. The highest BCUT2D eigenvalue weighted by Crippen LogP contribution is 2.39. The highest BCUT2D eigenvalue weighted by Gasteiger charge is 2.58. The van der Waals surface area contributed by atoms with E-state index >= 15 is 0 Å². The number of aryl methyl sites for hydroxylation is 2. The molecule has 1 saturated heterocycles. The number of carbonyl (C=O) groups is 7. The summed E-state index contributed by atoms with van der Waals surface area (Å²) in [6.45, 7) is 1.17. The SMILES string of the molecule is O=C1C=CC(=O)N1C1(C(=O)O)CCC1.O=C1C=CC(=O)N1C1(C(=O)O)CN(CCCCc2ccccc2)C1.O=CCCCc1ccccc1. The number of imide groups is 2. The molecule has 0 aromatic heterocycles. The van der Waals surface area contributed by atoms with Gasteiger partial charge in [0, 0.05) is 43.8 Å². The van der Waals surface area contributed by atoms with Gasteiger partial charge in [-0.15, -0.1) is 0 Å². The maximum atomic E-state index is 11.8. The van der Waals surface area contributed by atoms with Gasteiger partial charge in [-0.3, -0.25) is 33.9 Å². The molecular weight excluding hydrogens is 630 g/mol. The number of carboxylic acid groups (broad SMARTS) is 2. The molecule has 0 unspecified atom stereocenters. The van der Waals surface area contributed by atoms with Crippen LogP contribution in [0.25, 0.3) is 0 Å². The molecule has 2 fully saturated rings. The molecule has 12 nitrogen and oxygen atoms in total. The van der Waals surface area contributed by atoms with Crippen LogP contribution >= 0.6 is 0 Å². The number of unbranched alkanes of at least 4 members (excludes halogenated alkanes) is 2. The Kier molecular flexibility index (Phi) is 12.5. The van der Waals surface area contributed by atoms with Gasteiger partial charge in [0.1, 0.15) is 11.8 Å². The maximum Gasteiger partial charge on any atom is 0.332 e. The van der Waals surface area contributed by atoms with E-state index in [-0.39, 0.29) is 13.1 Å². The van der Waals surface area contributed by atoms with Crippen molar-refractivity contribution in [2.24, 2.45) is 0 Å². The van der Waals surface area contributed by atoms with Crippen molar-refractivity contribution in [1.82, 2.24) is 14.7 Å². The van der Waals surface area contributed by atoms with Crippen LogP contribution in [0.4, 0.5) is 0 Å². The molecule has 4 amide bonds. The number of hydrogen-bond donors (Lipinski definition) is 2. The Balaban J connectivity index is 0.000000183. The minimum Gasteiger partial charge on any atom is -0.479 e. The summed E-state index contributed by atoms with van der Waals surface area (Å²) in [4.78, 5) is 82.5. The zero-order valence-corrected chi connectivity index (χ0v) is 27.2. The van der Waals surface area contributed by atoms with Crippen LogP contribution in [0, 0.1) is 0 Å². The number of carbonyl (C=O) groups excluding carboxylic acids is 5. The molecule has 0 atom stereocenters. The van der Waals surface area contributed by atoms with Crippen molar-refractivity contribution >= 4 is 41.9 Å². The molecule has 1 saturated carbocycles. The van der Waals surface area contributed by atoms with Gasteiger partial charge >= 0.3 is 11.9 Å². The fourth-order valence-electron chi connectivity index (χ4n) is 6.26. The third-order valence-electron chi connectivity index (χ3n) is 9.08. The molecule has 4 aliphatic rings. The standard InChI is InChI=1S/C18H20N2O4.C10H12O.C9H9NO4/c21-15-9-10-16(22)20(15)18(17(23)24)12-19(13-18)11-5-4-8-14-6-2-1-3-7-14;11-9-5-4-8-10-6-2-1-3-7-10;11-6-2-3-7(12)10(6)9(8(13)14)4-1-5-9/h1-3,6-7,9-10H,4-5,8,11-13H2,(H,23,24);1-3,6-7,9H,4-5,8H2;2-3H,1,4-5H2,(H,13,14). The largest absolute Gasteiger partial charge is 0.479 e. The third kappa shape index (κ3) is 8.63. The van der Waals surface area contributed by atoms with Gasteiger partial charge in [-0.2, -0.15) is 0 Å². The van der Waals surface area contributed by atoms with E-state index in [9.17, 15) is 38.7 Å². The monoisotopic (exact) mass is 671 g/mol. The molecule has 2 aromatic rings. The number of nitrogens with zero attached hydrogens (tertiary/aromatic N) is 3. The highest BCUT2D eigenvalue weighted by atomic mass is 16.4. The van der Waals surface area contributed by atoms with E-state index in [0.717, 1.165) is 85.5 Å². The van der Waals surface area contributed by atoms with Gasteiger partial charge in [0.15, 0.2) is 5.54 Å². The Morgan fingerprint density at radius 1 is 0.633 bits per heavy atom. The normalized spacial score (nSPS) is 18.5. The molecule has 258 valence electrons. The van der Waals surface area contributed by atoms with E-state index in [2.05, 4.69) is 24.3 Å². The number of benzene rings is 2. The summed E-state index contributed by atoms with van der Waals surface area (Å²) >= 11 is 0. The minimum absolute atomic E-state index is 0.201. The van der Waals surface area contributed by atoms with Gasteiger partial charge in [-0.05, 0) is 69.0 Å². The number of amides is 4. The van der Waals surface area contributed by atoms with E-state index in [0.29, 0.717) is 19.3 Å². The van der Waals surface area contributed by atoms with Crippen LogP contribution in [0.15, 0.2) is 85.0 Å². The summed E-state index contributed by atoms with van der Waals surface area (Å²) in [5.41, 5.74) is -0.0657. The molecule has 49 heavy (non-hydrogen) atoms. The Bertz CT molecular complexity index is 1560. The number of aldehydes is 1. The maximum absolute atomic E-state index is 11.8. The summed E-state index contributed by atoms with van der Waals surface area (Å²) in [6, 6.07) is 20.4. The van der Waals surface area contributed by atoms with Crippen molar-refractivity contribution in [3.63, 3.8) is 0 Å². The molecule has 12 heteroatoms. The van der Waals surface area contributed by atoms with Crippen molar-refractivity contribution in [1.29, 1.82) is 0 Å². The number of carboxylic acids is 2. The van der Waals surface area contributed by atoms with Crippen LogP contribution in [-0.4, -0.2) is 97.5 Å². The van der Waals surface area contributed by atoms with Crippen LogP contribution in [0.2, 0.25) is 0 Å². The van der Waals surface area contributed by atoms with Gasteiger partial charge in [0.25, 0.3) is 23.6 Å². The molecular formula is C37H41N3O9. The topological polar surface area (TPSA) is 170 Å². The summed E-state index contributed by atoms with van der Waals surface area (Å²) < 4.78 is 0. The quantitative estimate of drug-likeness (QED) is 0.183. The second kappa shape index (κ2) is 16.7. The average molecular weight is 672 g/mol.